The highest BCUT2D eigenvalue weighted by Crippen LogP contribution is 2.44. The number of rotatable bonds is 6. The number of benzene rings is 8. The second-order valence-corrected chi connectivity index (χ2v) is 16.1. The molecule has 0 spiro atoms. The maximum atomic E-state index is 6.44. The molecule has 0 unspecified atom stereocenters. The van der Waals surface area contributed by atoms with E-state index in [1.54, 1.807) is 0 Å². The Labute approximate surface area is 339 Å². The van der Waals surface area contributed by atoms with Gasteiger partial charge in [0.2, 0.25) is 5.89 Å². The maximum absolute atomic E-state index is 6.44. The Kier molecular flexibility index (Phi) is 7.50. The Morgan fingerprint density at radius 3 is 2.05 bits per heavy atom. The smallest absolute Gasteiger partial charge is 0.227 e. The summed E-state index contributed by atoms with van der Waals surface area (Å²) >= 11 is 1.90. The summed E-state index contributed by atoms with van der Waals surface area (Å²) in [5.41, 5.74) is 13.2. The summed E-state index contributed by atoms with van der Waals surface area (Å²) in [4.78, 5) is 8.77. The van der Waals surface area contributed by atoms with Gasteiger partial charge in [0, 0.05) is 54.0 Å². The number of oxazole rings is 1. The zero-order valence-corrected chi connectivity index (χ0v) is 32.3. The molecule has 274 valence electrons. The van der Waals surface area contributed by atoms with Crippen molar-refractivity contribution in [2.24, 2.45) is 0 Å². The van der Waals surface area contributed by atoms with Crippen LogP contribution >= 0.6 is 11.3 Å². The zero-order valence-electron chi connectivity index (χ0n) is 31.5. The molecule has 0 N–H and O–H groups in total. The highest BCUT2D eigenvalue weighted by molar-refractivity contribution is 7.20. The van der Waals surface area contributed by atoms with Gasteiger partial charge in [-0.25, -0.2) is 4.98 Å². The van der Waals surface area contributed by atoms with E-state index >= 15 is 0 Å². The summed E-state index contributed by atoms with van der Waals surface area (Å²) in [7, 11) is 0. The second-order valence-electron chi connectivity index (χ2n) is 15.0. The summed E-state index contributed by atoms with van der Waals surface area (Å²) in [5.74, 6) is 0.631. The van der Waals surface area contributed by atoms with Gasteiger partial charge >= 0.3 is 0 Å². The number of hydrogen-bond acceptors (Lipinski definition) is 4. The first-order valence-electron chi connectivity index (χ1n) is 19.8. The predicted octanol–water partition coefficient (Wildman–Crippen LogP) is 15.1. The normalized spacial score (nSPS) is 12.6. The summed E-state index contributed by atoms with van der Waals surface area (Å²) in [6, 6.07) is 63.2. The number of nitrogens with zero attached hydrogens (tertiary/aromatic N) is 3. The first-order valence-corrected chi connectivity index (χ1v) is 20.7. The molecule has 8 aromatic carbocycles. The fourth-order valence-corrected chi connectivity index (χ4v) is 10.2. The van der Waals surface area contributed by atoms with Crippen LogP contribution in [0, 0.1) is 0 Å². The van der Waals surface area contributed by atoms with Crippen LogP contribution in [-0.4, -0.2) is 9.55 Å². The molecule has 3 heterocycles. The fourth-order valence-electron chi connectivity index (χ4n) is 9.00. The largest absolute Gasteiger partial charge is 0.436 e. The van der Waals surface area contributed by atoms with Crippen molar-refractivity contribution in [2.75, 3.05) is 4.90 Å². The Balaban J connectivity index is 1.03. The van der Waals surface area contributed by atoms with Crippen molar-refractivity contribution in [3.63, 3.8) is 0 Å². The van der Waals surface area contributed by atoms with E-state index in [-0.39, 0.29) is 0 Å². The number of fused-ring (bicyclic) bond motifs is 9. The third-order valence-electron chi connectivity index (χ3n) is 11.7. The van der Waals surface area contributed by atoms with Crippen LogP contribution in [0.15, 0.2) is 186 Å². The molecule has 11 aromatic rings. The first kappa shape index (κ1) is 33.0. The number of hydrogen-bond donors (Lipinski definition) is 0. The van der Waals surface area contributed by atoms with E-state index in [2.05, 4.69) is 167 Å². The molecule has 0 aliphatic heterocycles. The van der Waals surface area contributed by atoms with Crippen molar-refractivity contribution >= 4 is 88.2 Å². The minimum atomic E-state index is 0.631. The molecule has 0 bridgehead atoms. The van der Waals surface area contributed by atoms with Crippen molar-refractivity contribution in [1.82, 2.24) is 9.55 Å². The molecule has 0 saturated heterocycles. The minimum Gasteiger partial charge on any atom is -0.436 e. The van der Waals surface area contributed by atoms with E-state index in [9.17, 15) is 0 Å². The third-order valence-corrected chi connectivity index (χ3v) is 12.8. The van der Waals surface area contributed by atoms with Crippen molar-refractivity contribution in [3.05, 3.63) is 192 Å². The first-order chi connectivity index (χ1) is 28.7. The molecule has 58 heavy (non-hydrogen) atoms. The van der Waals surface area contributed by atoms with E-state index in [1.165, 1.54) is 42.3 Å². The van der Waals surface area contributed by atoms with Crippen LogP contribution in [0.25, 0.3) is 88.1 Å². The topological polar surface area (TPSA) is 34.2 Å². The van der Waals surface area contributed by atoms with Crippen molar-refractivity contribution in [2.45, 2.75) is 12.8 Å². The van der Waals surface area contributed by atoms with Gasteiger partial charge in [-0.1, -0.05) is 109 Å². The van der Waals surface area contributed by atoms with E-state index in [4.69, 9.17) is 9.40 Å². The standard InChI is InChI=1S/C53H35N3OS/c1-3-13-35(14-4-1)53-54-52-45-20-8-7-17-40(45)46(33-49(52)57-53)34-23-25-37(26-24-34)55(39-28-30-44-43-19-10-12-22-50(43)58-51(44)32-39)38-27-29-42-41-18-9-11-21-47(41)56(48(42)31-38)36-15-5-2-6-16-36/h1-9,11-18,20-33H,10,19H2. The van der Waals surface area contributed by atoms with Crippen LogP contribution in [-0.2, 0) is 6.42 Å². The fraction of sp³-hybridized carbons (Fsp3) is 0.0377. The molecule has 5 heteroatoms. The minimum absolute atomic E-state index is 0.631. The van der Waals surface area contributed by atoms with Gasteiger partial charge in [-0.15, -0.1) is 11.3 Å². The van der Waals surface area contributed by atoms with Gasteiger partial charge in [-0.05, 0) is 119 Å². The van der Waals surface area contributed by atoms with Crippen LogP contribution in [0.2, 0.25) is 0 Å². The molecule has 3 aromatic heterocycles. The van der Waals surface area contributed by atoms with Crippen LogP contribution < -0.4 is 4.90 Å². The lowest BCUT2D eigenvalue weighted by Gasteiger charge is -2.26. The van der Waals surface area contributed by atoms with Crippen LogP contribution in [0.3, 0.4) is 0 Å². The highest BCUT2D eigenvalue weighted by atomic mass is 32.1. The molecule has 0 saturated carbocycles. The predicted molar refractivity (Wildman–Crippen MR) is 244 cm³/mol. The molecule has 4 nitrogen and oxygen atoms in total. The van der Waals surface area contributed by atoms with E-state index in [0.717, 1.165) is 74.2 Å². The number of aryl methyl sites for hydroxylation is 1. The number of para-hydroxylation sites is 2. The van der Waals surface area contributed by atoms with Gasteiger partial charge in [0.1, 0.15) is 5.52 Å². The molecule has 0 amide bonds. The quantitative estimate of drug-likeness (QED) is 0.169. The molecule has 0 radical (unpaired) electrons. The highest BCUT2D eigenvalue weighted by Gasteiger charge is 2.21. The second kappa shape index (κ2) is 13.2. The molecule has 1 aliphatic rings. The summed E-state index contributed by atoms with van der Waals surface area (Å²) < 4.78 is 10.2. The lowest BCUT2D eigenvalue weighted by Crippen LogP contribution is -2.10. The molecule has 0 fully saturated rings. The van der Waals surface area contributed by atoms with Gasteiger partial charge < -0.3 is 13.9 Å². The zero-order chi connectivity index (χ0) is 38.2. The van der Waals surface area contributed by atoms with E-state index in [0.29, 0.717) is 5.89 Å². The lowest BCUT2D eigenvalue weighted by atomic mass is 9.97. The Bertz CT molecular complexity index is 3390. The number of allylic oxidation sites excluding steroid dienone is 1. The van der Waals surface area contributed by atoms with Gasteiger partial charge in [0.05, 0.1) is 11.0 Å². The maximum Gasteiger partial charge on any atom is 0.227 e. The van der Waals surface area contributed by atoms with Gasteiger partial charge in [-0.2, -0.15) is 0 Å². The van der Waals surface area contributed by atoms with Crippen LogP contribution in [0.5, 0.6) is 0 Å². The van der Waals surface area contributed by atoms with Gasteiger partial charge in [-0.3, -0.25) is 0 Å². The Morgan fingerprint density at radius 2 is 1.22 bits per heavy atom. The number of aromatic nitrogens is 2. The third kappa shape index (κ3) is 5.24. The summed E-state index contributed by atoms with van der Waals surface area (Å²) in [5, 5.41) is 6.07. The average molecular weight is 762 g/mol. The van der Waals surface area contributed by atoms with E-state index < -0.39 is 0 Å². The van der Waals surface area contributed by atoms with Crippen LogP contribution in [0.4, 0.5) is 17.1 Å². The van der Waals surface area contributed by atoms with Gasteiger partial charge in [0.15, 0.2) is 5.58 Å². The SMILES string of the molecule is C1=Cc2sc3cc(N(c4ccc(-c5cc6oc(-c7ccccc7)nc6c6ccccc56)cc4)c4ccc5c6ccccc6n(-c6ccccc6)c5c4)ccc3c2CC1. The monoisotopic (exact) mass is 761 g/mol. The molecular formula is C53H35N3OS. The Morgan fingerprint density at radius 1 is 0.552 bits per heavy atom. The van der Waals surface area contributed by atoms with Crippen LogP contribution in [0.1, 0.15) is 16.9 Å². The molecule has 0 atom stereocenters. The van der Waals surface area contributed by atoms with E-state index in [1.807, 2.05) is 41.7 Å². The summed E-state index contributed by atoms with van der Waals surface area (Å²) in [6.45, 7) is 0. The molecule has 12 rings (SSSR count). The van der Waals surface area contributed by atoms with Gasteiger partial charge in [0.25, 0.3) is 0 Å². The van der Waals surface area contributed by atoms with Crippen molar-refractivity contribution in [3.8, 4) is 28.3 Å². The number of thiophene rings is 1. The lowest BCUT2D eigenvalue weighted by molar-refractivity contribution is 0.620. The summed E-state index contributed by atoms with van der Waals surface area (Å²) in [6.07, 6.45) is 6.80. The Hall–Kier alpha value is -7.21. The van der Waals surface area contributed by atoms with Crippen molar-refractivity contribution < 1.29 is 4.42 Å². The average Bonchev–Trinajstić information content (AvgIpc) is 3.99. The van der Waals surface area contributed by atoms with Crippen molar-refractivity contribution in [1.29, 1.82) is 0 Å². The molecule has 1 aliphatic carbocycles. The molecular weight excluding hydrogens is 727 g/mol. The number of anilines is 3.